The summed E-state index contributed by atoms with van der Waals surface area (Å²) in [5, 5.41) is 3.30. The Hall–Kier alpha value is -2.40. The molecule has 0 radical (unpaired) electrons. The van der Waals surface area contributed by atoms with Crippen molar-refractivity contribution < 1.29 is 9.53 Å². The largest absolute Gasteiger partial charge is 0.385 e. The number of benzene rings is 1. The zero-order valence-corrected chi connectivity index (χ0v) is 14.2. The van der Waals surface area contributed by atoms with Gasteiger partial charge in [0.15, 0.2) is 0 Å². The van der Waals surface area contributed by atoms with Gasteiger partial charge in [0.25, 0.3) is 5.91 Å². The molecule has 1 N–H and O–H groups in total. The molecule has 1 aliphatic rings. The monoisotopic (exact) mass is 325 g/mol. The van der Waals surface area contributed by atoms with Gasteiger partial charge in [-0.15, -0.1) is 0 Å². The molecule has 1 amide bonds. The van der Waals surface area contributed by atoms with E-state index in [-0.39, 0.29) is 11.9 Å². The number of carbonyl (C=O) groups is 1. The number of amides is 1. The smallest absolute Gasteiger partial charge is 0.277 e. The SMILES string of the molecule is COCCCNc1ccnc(C(=O)N2c3ccccc3CC2C)c1. The highest BCUT2D eigenvalue weighted by Gasteiger charge is 2.31. The van der Waals surface area contributed by atoms with Crippen molar-refractivity contribution in [2.75, 3.05) is 30.5 Å². The minimum atomic E-state index is -0.0482. The highest BCUT2D eigenvalue weighted by atomic mass is 16.5. The maximum absolute atomic E-state index is 13.0. The number of methoxy groups -OCH3 is 1. The molecule has 1 aliphatic heterocycles. The number of anilines is 2. The zero-order valence-electron chi connectivity index (χ0n) is 14.2. The molecule has 1 atom stereocenters. The average Bonchev–Trinajstić information content (AvgIpc) is 2.94. The van der Waals surface area contributed by atoms with Gasteiger partial charge in [-0.25, -0.2) is 0 Å². The molecule has 0 aliphatic carbocycles. The molecule has 2 aromatic rings. The van der Waals surface area contributed by atoms with Gasteiger partial charge in [0.1, 0.15) is 5.69 Å². The molecule has 1 unspecified atom stereocenters. The average molecular weight is 325 g/mol. The summed E-state index contributed by atoms with van der Waals surface area (Å²) in [7, 11) is 1.69. The number of para-hydroxylation sites is 1. The molecule has 126 valence electrons. The van der Waals surface area contributed by atoms with Crippen molar-refractivity contribution in [1.82, 2.24) is 4.98 Å². The van der Waals surface area contributed by atoms with Crippen LogP contribution < -0.4 is 10.2 Å². The molecule has 1 aromatic carbocycles. The quantitative estimate of drug-likeness (QED) is 0.829. The molecule has 0 fully saturated rings. The Kier molecular flexibility index (Phi) is 5.11. The maximum atomic E-state index is 13.0. The van der Waals surface area contributed by atoms with Crippen molar-refractivity contribution in [1.29, 1.82) is 0 Å². The first-order chi connectivity index (χ1) is 11.7. The number of fused-ring (bicyclic) bond motifs is 1. The summed E-state index contributed by atoms with van der Waals surface area (Å²) in [6.45, 7) is 3.59. The molecule has 24 heavy (non-hydrogen) atoms. The highest BCUT2D eigenvalue weighted by molar-refractivity contribution is 6.06. The van der Waals surface area contributed by atoms with Crippen LogP contribution in [0.5, 0.6) is 0 Å². The molecule has 2 heterocycles. The molecule has 5 nitrogen and oxygen atoms in total. The van der Waals surface area contributed by atoms with Crippen LogP contribution in [0.3, 0.4) is 0 Å². The summed E-state index contributed by atoms with van der Waals surface area (Å²) in [5.41, 5.74) is 3.59. The maximum Gasteiger partial charge on any atom is 0.277 e. The number of pyridine rings is 1. The topological polar surface area (TPSA) is 54.5 Å². The number of ether oxygens (including phenoxy) is 1. The van der Waals surface area contributed by atoms with E-state index >= 15 is 0 Å². The second kappa shape index (κ2) is 7.45. The van der Waals surface area contributed by atoms with Crippen molar-refractivity contribution >= 4 is 17.3 Å². The van der Waals surface area contributed by atoms with Gasteiger partial charge in [-0.3, -0.25) is 9.78 Å². The lowest BCUT2D eigenvalue weighted by Gasteiger charge is -2.22. The van der Waals surface area contributed by atoms with Gasteiger partial charge >= 0.3 is 0 Å². The van der Waals surface area contributed by atoms with E-state index in [0.29, 0.717) is 12.3 Å². The summed E-state index contributed by atoms with van der Waals surface area (Å²) in [4.78, 5) is 19.1. The van der Waals surface area contributed by atoms with Crippen LogP contribution in [0.1, 0.15) is 29.4 Å². The van der Waals surface area contributed by atoms with Crippen LogP contribution in [0.15, 0.2) is 42.6 Å². The number of nitrogens with one attached hydrogen (secondary N) is 1. The van der Waals surface area contributed by atoms with E-state index in [4.69, 9.17) is 4.74 Å². The Morgan fingerprint density at radius 2 is 2.21 bits per heavy atom. The molecule has 1 aromatic heterocycles. The lowest BCUT2D eigenvalue weighted by Crippen LogP contribution is -2.36. The highest BCUT2D eigenvalue weighted by Crippen LogP contribution is 2.32. The molecule has 0 saturated carbocycles. The van der Waals surface area contributed by atoms with Gasteiger partial charge in [-0.05, 0) is 43.5 Å². The molecule has 0 saturated heterocycles. The van der Waals surface area contributed by atoms with Gasteiger partial charge in [-0.1, -0.05) is 18.2 Å². The Morgan fingerprint density at radius 1 is 1.38 bits per heavy atom. The number of carbonyl (C=O) groups excluding carboxylic acids is 1. The van der Waals surface area contributed by atoms with Gasteiger partial charge in [0.05, 0.1) is 0 Å². The fourth-order valence-corrected chi connectivity index (χ4v) is 3.11. The predicted octanol–water partition coefficient (Wildman–Crippen LogP) is 3.12. The lowest BCUT2D eigenvalue weighted by atomic mass is 10.1. The summed E-state index contributed by atoms with van der Waals surface area (Å²) >= 11 is 0. The standard InChI is InChI=1S/C19H23N3O2/c1-14-12-15-6-3-4-7-18(15)22(14)19(23)17-13-16(8-10-21-17)20-9-5-11-24-2/h3-4,6-8,10,13-14H,5,9,11-12H2,1-2H3,(H,20,21). The number of rotatable bonds is 6. The minimum Gasteiger partial charge on any atom is -0.385 e. The van der Waals surface area contributed by atoms with Crippen molar-refractivity contribution in [3.05, 3.63) is 53.9 Å². The second-order valence-electron chi connectivity index (χ2n) is 6.06. The van der Waals surface area contributed by atoms with Gasteiger partial charge in [0, 0.05) is 43.9 Å². The minimum absolute atomic E-state index is 0.0482. The van der Waals surface area contributed by atoms with Crippen LogP contribution in [0.4, 0.5) is 11.4 Å². The summed E-state index contributed by atoms with van der Waals surface area (Å²) in [6, 6.07) is 11.9. The third-order valence-electron chi connectivity index (χ3n) is 4.26. The molecule has 0 bridgehead atoms. The van der Waals surface area contributed by atoms with E-state index in [1.165, 1.54) is 5.56 Å². The molecule has 0 spiro atoms. The van der Waals surface area contributed by atoms with Crippen LogP contribution in [-0.4, -0.2) is 37.2 Å². The normalized spacial score (nSPS) is 16.1. The first-order valence-corrected chi connectivity index (χ1v) is 8.31. The van der Waals surface area contributed by atoms with Crippen LogP contribution in [-0.2, 0) is 11.2 Å². The third kappa shape index (κ3) is 3.41. The first kappa shape index (κ1) is 16.5. The summed E-state index contributed by atoms with van der Waals surface area (Å²) < 4.78 is 5.04. The van der Waals surface area contributed by atoms with E-state index in [9.17, 15) is 4.79 Å². The fraction of sp³-hybridized carbons (Fsp3) is 0.368. The number of nitrogens with zero attached hydrogens (tertiary/aromatic N) is 2. The van der Waals surface area contributed by atoms with E-state index in [2.05, 4.69) is 23.3 Å². The molecular formula is C19H23N3O2. The molecular weight excluding hydrogens is 302 g/mol. The summed E-state index contributed by atoms with van der Waals surface area (Å²) in [5.74, 6) is -0.0482. The third-order valence-corrected chi connectivity index (χ3v) is 4.26. The van der Waals surface area contributed by atoms with Crippen molar-refractivity contribution in [3.63, 3.8) is 0 Å². The number of aromatic nitrogens is 1. The van der Waals surface area contributed by atoms with Gasteiger partial charge in [0.2, 0.25) is 0 Å². The number of hydrogen-bond donors (Lipinski definition) is 1. The van der Waals surface area contributed by atoms with Gasteiger partial charge in [-0.2, -0.15) is 0 Å². The van der Waals surface area contributed by atoms with Crippen molar-refractivity contribution in [3.8, 4) is 0 Å². The van der Waals surface area contributed by atoms with Crippen molar-refractivity contribution in [2.45, 2.75) is 25.8 Å². The van der Waals surface area contributed by atoms with Crippen LogP contribution in [0.25, 0.3) is 0 Å². The Balaban J connectivity index is 1.76. The Labute approximate surface area is 142 Å². The molecule has 3 rings (SSSR count). The van der Waals surface area contributed by atoms with E-state index in [0.717, 1.165) is 30.8 Å². The van der Waals surface area contributed by atoms with E-state index in [1.807, 2.05) is 35.2 Å². The van der Waals surface area contributed by atoms with Crippen LogP contribution >= 0.6 is 0 Å². The number of hydrogen-bond acceptors (Lipinski definition) is 4. The predicted molar refractivity (Wildman–Crippen MR) is 95.6 cm³/mol. The van der Waals surface area contributed by atoms with E-state index in [1.54, 1.807) is 13.3 Å². The van der Waals surface area contributed by atoms with E-state index < -0.39 is 0 Å². The van der Waals surface area contributed by atoms with Crippen LogP contribution in [0, 0.1) is 0 Å². The second-order valence-corrected chi connectivity index (χ2v) is 6.06. The summed E-state index contributed by atoms with van der Waals surface area (Å²) in [6.07, 6.45) is 3.48. The van der Waals surface area contributed by atoms with Crippen molar-refractivity contribution in [2.24, 2.45) is 0 Å². The van der Waals surface area contributed by atoms with Crippen LogP contribution in [0.2, 0.25) is 0 Å². The fourth-order valence-electron chi connectivity index (χ4n) is 3.11. The Morgan fingerprint density at radius 3 is 3.04 bits per heavy atom. The zero-order chi connectivity index (χ0) is 16.9. The Bertz CT molecular complexity index is 717. The molecule has 5 heteroatoms. The first-order valence-electron chi connectivity index (χ1n) is 8.31. The lowest BCUT2D eigenvalue weighted by molar-refractivity contribution is 0.0976. The van der Waals surface area contributed by atoms with Gasteiger partial charge < -0.3 is 15.0 Å².